The van der Waals surface area contributed by atoms with Gasteiger partial charge in [0.2, 0.25) is 15.9 Å². The number of rotatable bonds is 7. The average Bonchev–Trinajstić information content (AvgIpc) is 3.52. The van der Waals surface area contributed by atoms with E-state index in [0.717, 1.165) is 18.7 Å². The number of ether oxygens (including phenoxy) is 2. The fourth-order valence-electron chi connectivity index (χ4n) is 7.38. The lowest BCUT2D eigenvalue weighted by Gasteiger charge is -2.37. The normalized spacial score (nSPS) is 29.8. The molecule has 1 N–H and O–H groups in total. The SMILES string of the molecule is COC1COCCC1NC1CC2CN(S(=O)(=O)Cc3ccccc3)CC2(C(=O)N2CCc3ncc(C(F)(F)F)cc3C2)C1. The van der Waals surface area contributed by atoms with Gasteiger partial charge in [-0.2, -0.15) is 13.2 Å². The third-order valence-electron chi connectivity index (χ3n) is 9.57. The van der Waals surface area contributed by atoms with E-state index in [0.29, 0.717) is 55.8 Å². The molecule has 4 aliphatic rings. The Morgan fingerprint density at radius 3 is 2.79 bits per heavy atom. The van der Waals surface area contributed by atoms with Crippen molar-refractivity contribution in [2.45, 2.75) is 62.3 Å². The molecule has 4 heterocycles. The molecule has 3 aliphatic heterocycles. The molecular weight excluding hydrogens is 585 g/mol. The second-order valence-corrected chi connectivity index (χ2v) is 14.2. The van der Waals surface area contributed by atoms with Crippen molar-refractivity contribution < 1.29 is 35.9 Å². The van der Waals surface area contributed by atoms with Crippen molar-refractivity contribution in [2.75, 3.05) is 40.0 Å². The van der Waals surface area contributed by atoms with E-state index in [4.69, 9.17) is 9.47 Å². The van der Waals surface area contributed by atoms with E-state index in [2.05, 4.69) is 10.3 Å². The molecule has 1 aromatic heterocycles. The highest BCUT2D eigenvalue weighted by Crippen LogP contribution is 2.51. The van der Waals surface area contributed by atoms with Crippen molar-refractivity contribution >= 4 is 15.9 Å². The number of methoxy groups -OCH3 is 1. The van der Waals surface area contributed by atoms with Crippen molar-refractivity contribution in [1.82, 2.24) is 19.5 Å². The molecule has 1 aliphatic carbocycles. The number of nitrogens with one attached hydrogen (secondary N) is 1. The van der Waals surface area contributed by atoms with Crippen molar-refractivity contribution in [3.05, 3.63) is 65.0 Å². The van der Waals surface area contributed by atoms with Crippen molar-refractivity contribution in [2.24, 2.45) is 11.3 Å². The summed E-state index contributed by atoms with van der Waals surface area (Å²) in [6.07, 6.45) is -1.67. The minimum atomic E-state index is -4.54. The minimum absolute atomic E-state index is 0.0140. The Morgan fingerprint density at radius 2 is 2.05 bits per heavy atom. The van der Waals surface area contributed by atoms with Gasteiger partial charge in [-0.15, -0.1) is 0 Å². The van der Waals surface area contributed by atoms with Crippen LogP contribution < -0.4 is 5.32 Å². The van der Waals surface area contributed by atoms with Crippen molar-refractivity contribution in [3.8, 4) is 0 Å². The molecule has 9 nitrogen and oxygen atoms in total. The number of nitrogens with zero attached hydrogens (tertiary/aromatic N) is 3. The number of benzene rings is 1. The van der Waals surface area contributed by atoms with E-state index >= 15 is 0 Å². The maximum absolute atomic E-state index is 14.5. The molecule has 1 saturated carbocycles. The van der Waals surface area contributed by atoms with E-state index < -0.39 is 27.2 Å². The highest BCUT2D eigenvalue weighted by Gasteiger charge is 2.60. The Kier molecular flexibility index (Phi) is 8.31. The first kappa shape index (κ1) is 30.4. The number of fused-ring (bicyclic) bond motifs is 2. The molecule has 1 aromatic carbocycles. The van der Waals surface area contributed by atoms with Crippen LogP contribution in [0, 0.1) is 11.3 Å². The maximum atomic E-state index is 14.5. The van der Waals surface area contributed by atoms with Crippen LogP contribution in [0.3, 0.4) is 0 Å². The second-order valence-electron chi connectivity index (χ2n) is 12.2. The van der Waals surface area contributed by atoms with Crippen LogP contribution in [0.1, 0.15) is 41.6 Å². The molecule has 2 saturated heterocycles. The molecule has 0 spiro atoms. The van der Waals surface area contributed by atoms with Gasteiger partial charge in [0.05, 0.1) is 29.4 Å². The second kappa shape index (κ2) is 11.7. The Balaban J connectivity index is 1.26. The van der Waals surface area contributed by atoms with Crippen molar-refractivity contribution in [1.29, 1.82) is 0 Å². The van der Waals surface area contributed by atoms with Crippen LogP contribution in [0.25, 0.3) is 0 Å². The Morgan fingerprint density at radius 1 is 1.26 bits per heavy atom. The number of carbonyl (C=O) groups excluding carboxylic acids is 1. The molecule has 5 unspecified atom stereocenters. The first-order valence-corrected chi connectivity index (χ1v) is 16.3. The zero-order chi connectivity index (χ0) is 30.4. The quantitative estimate of drug-likeness (QED) is 0.507. The van der Waals surface area contributed by atoms with Crippen LogP contribution in [0.5, 0.6) is 0 Å². The van der Waals surface area contributed by atoms with Crippen LogP contribution >= 0.6 is 0 Å². The van der Waals surface area contributed by atoms with Gasteiger partial charge in [-0.1, -0.05) is 30.3 Å². The number of halogens is 3. The predicted octanol–water partition coefficient (Wildman–Crippen LogP) is 2.99. The van der Waals surface area contributed by atoms with Gasteiger partial charge in [-0.3, -0.25) is 9.78 Å². The van der Waals surface area contributed by atoms with Gasteiger partial charge in [0.25, 0.3) is 0 Å². The molecule has 43 heavy (non-hydrogen) atoms. The van der Waals surface area contributed by atoms with Crippen molar-refractivity contribution in [3.63, 3.8) is 0 Å². The number of hydrogen-bond acceptors (Lipinski definition) is 7. The first-order valence-electron chi connectivity index (χ1n) is 14.7. The summed E-state index contributed by atoms with van der Waals surface area (Å²) in [4.78, 5) is 20.1. The van der Waals surface area contributed by atoms with Gasteiger partial charge in [-0.05, 0) is 42.4 Å². The Labute approximate surface area is 249 Å². The van der Waals surface area contributed by atoms with E-state index in [1.54, 1.807) is 36.3 Å². The average molecular weight is 623 g/mol. The first-order chi connectivity index (χ1) is 20.5. The lowest BCUT2D eigenvalue weighted by Crippen LogP contribution is -2.52. The smallest absolute Gasteiger partial charge is 0.379 e. The molecular formula is C30H37F3N4O5S. The molecule has 13 heteroatoms. The number of amides is 1. The molecule has 234 valence electrons. The van der Waals surface area contributed by atoms with Gasteiger partial charge in [0, 0.05) is 70.3 Å². The van der Waals surface area contributed by atoms with E-state index in [9.17, 15) is 26.4 Å². The molecule has 1 amide bonds. The van der Waals surface area contributed by atoms with E-state index in [1.807, 2.05) is 6.07 Å². The third-order valence-corrected chi connectivity index (χ3v) is 11.3. The van der Waals surface area contributed by atoms with Crippen LogP contribution in [-0.4, -0.2) is 86.7 Å². The Hall–Kier alpha value is -2.58. The summed E-state index contributed by atoms with van der Waals surface area (Å²) >= 11 is 0. The molecule has 0 radical (unpaired) electrons. The predicted molar refractivity (Wildman–Crippen MR) is 151 cm³/mol. The highest BCUT2D eigenvalue weighted by atomic mass is 32.2. The third kappa shape index (κ3) is 6.06. The maximum Gasteiger partial charge on any atom is 0.417 e. The molecule has 3 fully saturated rings. The summed E-state index contributed by atoms with van der Waals surface area (Å²) in [7, 11) is -2.07. The summed E-state index contributed by atoms with van der Waals surface area (Å²) in [5.74, 6) is -0.588. The van der Waals surface area contributed by atoms with Crippen LogP contribution in [0.4, 0.5) is 13.2 Å². The number of alkyl halides is 3. The van der Waals surface area contributed by atoms with Crippen LogP contribution in [0.2, 0.25) is 0 Å². The summed E-state index contributed by atoms with van der Waals surface area (Å²) in [6, 6.07) is 10.0. The number of sulfonamides is 1. The number of hydrogen-bond donors (Lipinski definition) is 1. The molecule has 6 rings (SSSR count). The van der Waals surface area contributed by atoms with Gasteiger partial charge < -0.3 is 19.7 Å². The lowest BCUT2D eigenvalue weighted by molar-refractivity contribution is -0.143. The summed E-state index contributed by atoms with van der Waals surface area (Å²) in [6.45, 7) is 1.69. The molecule has 5 atom stereocenters. The minimum Gasteiger partial charge on any atom is -0.379 e. The van der Waals surface area contributed by atoms with Crippen LogP contribution in [-0.2, 0) is 49.2 Å². The topological polar surface area (TPSA) is 101 Å². The molecule has 0 bridgehead atoms. The summed E-state index contributed by atoms with van der Waals surface area (Å²) < 4.78 is 80.1. The number of aromatic nitrogens is 1. The van der Waals surface area contributed by atoms with Gasteiger partial charge in [0.1, 0.15) is 0 Å². The zero-order valence-electron chi connectivity index (χ0n) is 24.1. The highest BCUT2D eigenvalue weighted by molar-refractivity contribution is 7.88. The molecule has 2 aromatic rings. The number of pyridine rings is 1. The van der Waals surface area contributed by atoms with Gasteiger partial charge in [-0.25, -0.2) is 12.7 Å². The fraction of sp³-hybridized carbons (Fsp3) is 0.600. The standard InChI is InChI=1S/C30H37F3N4O5S/c1-41-27-17-42-10-8-26(27)35-24-12-23-16-37(43(39,40)18-20-5-3-2-4-6-20)19-29(23,13-24)28(38)36-9-7-25-21(15-36)11-22(14-34-25)30(31,32)33/h2-6,11,14,23-24,26-27,35H,7-10,12-13,15-19H2,1H3. The zero-order valence-corrected chi connectivity index (χ0v) is 24.9. The lowest BCUT2D eigenvalue weighted by atomic mass is 9.78. The fourth-order valence-corrected chi connectivity index (χ4v) is 9.01. The monoisotopic (exact) mass is 622 g/mol. The summed E-state index contributed by atoms with van der Waals surface area (Å²) in [5, 5.41) is 3.68. The number of carbonyl (C=O) groups is 1. The van der Waals surface area contributed by atoms with Crippen LogP contribution in [0.15, 0.2) is 42.6 Å². The van der Waals surface area contributed by atoms with E-state index in [-0.39, 0.29) is 55.4 Å². The van der Waals surface area contributed by atoms with E-state index in [1.165, 1.54) is 4.31 Å². The van der Waals surface area contributed by atoms with Gasteiger partial charge >= 0.3 is 6.18 Å². The largest absolute Gasteiger partial charge is 0.417 e. The Bertz CT molecular complexity index is 1440. The summed E-state index contributed by atoms with van der Waals surface area (Å²) in [5.41, 5.74) is -0.218. The van der Waals surface area contributed by atoms with Gasteiger partial charge in [0.15, 0.2) is 0 Å².